The Kier molecular flexibility index (Phi) is 9.57. The van der Waals surface area contributed by atoms with Crippen LogP contribution in [0.25, 0.3) is 39.4 Å². The van der Waals surface area contributed by atoms with Crippen LogP contribution in [0.5, 0.6) is 5.75 Å². The first-order chi connectivity index (χ1) is 21.4. The van der Waals surface area contributed by atoms with Crippen molar-refractivity contribution in [3.8, 4) is 45.1 Å². The highest BCUT2D eigenvalue weighted by Crippen LogP contribution is 2.41. The molecule has 0 saturated carbocycles. The van der Waals surface area contributed by atoms with Gasteiger partial charge in [-0.05, 0) is 58.5 Å². The molecule has 2 heterocycles. The van der Waals surface area contributed by atoms with Crippen LogP contribution in [0.1, 0.15) is 37.9 Å². The fourth-order valence-electron chi connectivity index (χ4n) is 4.55. The number of carbonyl (C=O) groups excluding carboxylic acids is 1. The second-order valence-corrected chi connectivity index (χ2v) is 11.4. The first-order valence-corrected chi connectivity index (χ1v) is 13.9. The standard InChI is InChI=1S/C31H24ClF6N3O2.CH3NO/c1-17-39-26(18-8-11-22(12-9-18)43-31(36,37)38)27(42-17)23-15-20(19-6-5-7-21(14-19)29(2,3)4)10-13-25(23)41-16-24(32)28(40-41)30(33,34)35;2-1-3/h5-16H,1-4H3;1H,(H2,2,3). The lowest BCUT2D eigenvalue weighted by Gasteiger charge is -2.20. The number of benzene rings is 3. The molecule has 0 aliphatic rings. The first kappa shape index (κ1) is 34.1. The van der Waals surface area contributed by atoms with E-state index in [-0.39, 0.29) is 34.9 Å². The van der Waals surface area contributed by atoms with Crippen molar-refractivity contribution in [3.05, 3.63) is 95.1 Å². The number of halogens is 7. The van der Waals surface area contributed by atoms with E-state index in [1.165, 1.54) is 12.1 Å². The number of primary amides is 1. The van der Waals surface area contributed by atoms with Crippen LogP contribution in [0, 0.1) is 6.92 Å². The van der Waals surface area contributed by atoms with Crippen molar-refractivity contribution < 1.29 is 40.3 Å². The maximum absolute atomic E-state index is 13.6. The van der Waals surface area contributed by atoms with Crippen molar-refractivity contribution in [1.82, 2.24) is 14.8 Å². The summed E-state index contributed by atoms with van der Waals surface area (Å²) in [6, 6.07) is 18.0. The van der Waals surface area contributed by atoms with Crippen LogP contribution >= 0.6 is 11.6 Å². The molecule has 0 atom stereocenters. The summed E-state index contributed by atoms with van der Waals surface area (Å²) in [5.74, 6) is -0.0301. The number of nitrogens with zero attached hydrogens (tertiary/aromatic N) is 3. The smallest absolute Gasteiger partial charge is 0.440 e. The largest absolute Gasteiger partial charge is 0.573 e. The third-order valence-electron chi connectivity index (χ3n) is 6.58. The molecule has 2 aromatic heterocycles. The molecule has 3 aromatic carbocycles. The molecule has 46 heavy (non-hydrogen) atoms. The van der Waals surface area contributed by atoms with Gasteiger partial charge in [0.1, 0.15) is 11.4 Å². The molecular formula is C32H27ClF6N4O3. The second kappa shape index (κ2) is 12.9. The number of ether oxygens (including phenoxy) is 1. The molecule has 0 aliphatic carbocycles. The zero-order chi connectivity index (χ0) is 34.0. The quantitative estimate of drug-likeness (QED) is 0.149. The zero-order valence-electron chi connectivity index (χ0n) is 24.8. The van der Waals surface area contributed by atoms with E-state index < -0.39 is 29.0 Å². The van der Waals surface area contributed by atoms with Gasteiger partial charge in [0, 0.05) is 18.1 Å². The minimum Gasteiger partial charge on any atom is -0.440 e. The Bertz CT molecular complexity index is 1840. The van der Waals surface area contributed by atoms with Crippen LogP contribution in [0.15, 0.2) is 77.3 Å². The summed E-state index contributed by atoms with van der Waals surface area (Å²) < 4.78 is 89.8. The number of aryl methyl sites for hydroxylation is 1. The second-order valence-electron chi connectivity index (χ2n) is 10.9. The third kappa shape index (κ3) is 7.89. The lowest BCUT2D eigenvalue weighted by atomic mass is 9.85. The Morgan fingerprint density at radius 1 is 0.913 bits per heavy atom. The highest BCUT2D eigenvalue weighted by Gasteiger charge is 2.37. The van der Waals surface area contributed by atoms with Gasteiger partial charge in [0.25, 0.3) is 0 Å². The van der Waals surface area contributed by atoms with E-state index in [0.717, 1.165) is 39.7 Å². The molecule has 0 aliphatic heterocycles. The van der Waals surface area contributed by atoms with Gasteiger partial charge in [0.05, 0.1) is 16.9 Å². The number of alkyl halides is 6. The SMILES string of the molecule is Cc1nc(-c2ccc(OC(F)(F)F)cc2)c(-c2cc(-c3cccc(C(C)(C)C)c3)ccc2-n2cc(Cl)c(C(F)(F)F)n2)o1.NC=O. The molecule has 5 rings (SSSR count). The van der Waals surface area contributed by atoms with E-state index >= 15 is 0 Å². The van der Waals surface area contributed by atoms with Crippen molar-refractivity contribution in [1.29, 1.82) is 0 Å². The lowest BCUT2D eigenvalue weighted by Crippen LogP contribution is -2.16. The van der Waals surface area contributed by atoms with E-state index in [1.54, 1.807) is 25.1 Å². The summed E-state index contributed by atoms with van der Waals surface area (Å²) in [7, 11) is 0. The fourth-order valence-corrected chi connectivity index (χ4v) is 4.79. The number of nitrogens with two attached hydrogens (primary N) is 1. The minimum absolute atomic E-state index is 0.143. The fraction of sp³-hybridized carbons (Fsp3) is 0.219. The molecule has 242 valence electrons. The third-order valence-corrected chi connectivity index (χ3v) is 6.86. The first-order valence-electron chi connectivity index (χ1n) is 13.5. The van der Waals surface area contributed by atoms with E-state index in [1.807, 2.05) is 24.3 Å². The molecule has 1 amide bonds. The van der Waals surface area contributed by atoms with Gasteiger partial charge in [-0.15, -0.1) is 13.2 Å². The maximum atomic E-state index is 13.6. The van der Waals surface area contributed by atoms with Gasteiger partial charge in [-0.3, -0.25) is 4.79 Å². The summed E-state index contributed by atoms with van der Waals surface area (Å²) in [5.41, 5.74) is 6.61. The number of oxazole rings is 1. The molecule has 14 heteroatoms. The molecule has 2 N–H and O–H groups in total. The summed E-state index contributed by atoms with van der Waals surface area (Å²) >= 11 is 5.93. The number of carbonyl (C=O) groups is 1. The van der Waals surface area contributed by atoms with Gasteiger partial charge >= 0.3 is 12.5 Å². The van der Waals surface area contributed by atoms with Gasteiger partial charge in [-0.25, -0.2) is 9.67 Å². The highest BCUT2D eigenvalue weighted by molar-refractivity contribution is 6.31. The van der Waals surface area contributed by atoms with Crippen LogP contribution in [0.4, 0.5) is 26.3 Å². The summed E-state index contributed by atoms with van der Waals surface area (Å²) in [4.78, 5) is 13.0. The van der Waals surface area contributed by atoms with Crippen molar-refractivity contribution in [2.24, 2.45) is 5.73 Å². The van der Waals surface area contributed by atoms with Crippen molar-refractivity contribution in [2.45, 2.75) is 45.6 Å². The molecule has 7 nitrogen and oxygen atoms in total. The predicted octanol–water partition coefficient (Wildman–Crippen LogP) is 9.14. The number of rotatable bonds is 5. The molecular weight excluding hydrogens is 638 g/mol. The molecule has 0 radical (unpaired) electrons. The number of hydrogen-bond donors (Lipinski definition) is 1. The van der Waals surface area contributed by atoms with Crippen LogP contribution in [0.3, 0.4) is 0 Å². The molecule has 0 saturated heterocycles. The Labute approximate surface area is 264 Å². The van der Waals surface area contributed by atoms with E-state index in [0.29, 0.717) is 11.1 Å². The number of aromatic nitrogens is 3. The molecule has 0 bridgehead atoms. The summed E-state index contributed by atoms with van der Waals surface area (Å²) in [6.45, 7) is 7.82. The van der Waals surface area contributed by atoms with E-state index in [2.05, 4.69) is 41.3 Å². The van der Waals surface area contributed by atoms with Gasteiger partial charge in [0.15, 0.2) is 17.3 Å². The van der Waals surface area contributed by atoms with Crippen LogP contribution in [-0.4, -0.2) is 27.5 Å². The van der Waals surface area contributed by atoms with Crippen LogP contribution < -0.4 is 10.5 Å². The molecule has 0 spiro atoms. The van der Waals surface area contributed by atoms with E-state index in [4.69, 9.17) is 20.8 Å². The summed E-state index contributed by atoms with van der Waals surface area (Å²) in [5, 5.41) is 3.13. The van der Waals surface area contributed by atoms with Gasteiger partial charge in [0.2, 0.25) is 6.41 Å². The highest BCUT2D eigenvalue weighted by atomic mass is 35.5. The zero-order valence-corrected chi connectivity index (χ0v) is 25.6. The van der Waals surface area contributed by atoms with Crippen LogP contribution in [-0.2, 0) is 16.4 Å². The maximum Gasteiger partial charge on any atom is 0.573 e. The average Bonchev–Trinajstić information content (AvgIpc) is 3.55. The molecule has 5 aromatic rings. The summed E-state index contributed by atoms with van der Waals surface area (Å²) in [6.07, 6.45) is -8.35. The number of amides is 1. The van der Waals surface area contributed by atoms with E-state index in [9.17, 15) is 26.3 Å². The van der Waals surface area contributed by atoms with Crippen molar-refractivity contribution in [3.63, 3.8) is 0 Å². The van der Waals surface area contributed by atoms with Gasteiger partial charge in [-0.1, -0.05) is 62.7 Å². The van der Waals surface area contributed by atoms with Crippen molar-refractivity contribution >= 4 is 18.0 Å². The Hall–Kier alpha value is -4.78. The van der Waals surface area contributed by atoms with Gasteiger partial charge < -0.3 is 14.9 Å². The normalized spacial score (nSPS) is 12.0. The predicted molar refractivity (Wildman–Crippen MR) is 160 cm³/mol. The van der Waals surface area contributed by atoms with Crippen LogP contribution in [0.2, 0.25) is 5.02 Å². The topological polar surface area (TPSA) is 96.2 Å². The minimum atomic E-state index is -4.86. The number of hydrogen-bond acceptors (Lipinski definition) is 5. The Morgan fingerprint density at radius 3 is 2.09 bits per heavy atom. The lowest BCUT2D eigenvalue weighted by molar-refractivity contribution is -0.274. The molecule has 0 fully saturated rings. The Morgan fingerprint density at radius 2 is 1.52 bits per heavy atom. The Balaban J connectivity index is 0.00000154. The van der Waals surface area contributed by atoms with Gasteiger partial charge in [-0.2, -0.15) is 18.3 Å². The monoisotopic (exact) mass is 664 g/mol. The van der Waals surface area contributed by atoms with Crippen molar-refractivity contribution in [2.75, 3.05) is 0 Å². The molecule has 0 unspecified atom stereocenters. The average molecular weight is 665 g/mol.